The van der Waals surface area contributed by atoms with Gasteiger partial charge >= 0.3 is 0 Å². The Morgan fingerprint density at radius 1 is 0.926 bits per heavy atom. The lowest BCUT2D eigenvalue weighted by Crippen LogP contribution is -2.22. The molecule has 27 heavy (non-hydrogen) atoms. The van der Waals surface area contributed by atoms with Gasteiger partial charge in [0.05, 0.1) is 16.6 Å². The van der Waals surface area contributed by atoms with Crippen molar-refractivity contribution in [2.24, 2.45) is 0 Å². The van der Waals surface area contributed by atoms with E-state index >= 15 is 0 Å². The zero-order valence-electron chi connectivity index (χ0n) is 15.3. The van der Waals surface area contributed by atoms with Crippen molar-refractivity contribution in [3.05, 3.63) is 88.8 Å². The van der Waals surface area contributed by atoms with Gasteiger partial charge in [-0.25, -0.2) is 4.98 Å². The third kappa shape index (κ3) is 3.38. The topological polar surface area (TPSA) is 47.8 Å². The van der Waals surface area contributed by atoms with Crippen molar-refractivity contribution in [2.45, 2.75) is 26.2 Å². The van der Waals surface area contributed by atoms with Gasteiger partial charge in [-0.15, -0.1) is 0 Å². The summed E-state index contributed by atoms with van der Waals surface area (Å²) in [6, 6.07) is 21.3. The molecule has 0 atom stereocenters. The molecule has 0 spiro atoms. The van der Waals surface area contributed by atoms with E-state index in [1.165, 1.54) is 12.0 Å². The van der Waals surface area contributed by atoms with Gasteiger partial charge in [0.1, 0.15) is 5.69 Å². The van der Waals surface area contributed by atoms with Crippen LogP contribution in [0.15, 0.2) is 77.7 Å². The van der Waals surface area contributed by atoms with Crippen LogP contribution in [0.5, 0.6) is 0 Å². The maximum absolute atomic E-state index is 13.3. The average Bonchev–Trinajstić information content (AvgIpc) is 2.73. The monoisotopic (exact) mass is 355 g/mol. The van der Waals surface area contributed by atoms with Crippen LogP contribution < -0.4 is 5.56 Å². The second-order valence-corrected chi connectivity index (χ2v) is 6.58. The Morgan fingerprint density at radius 2 is 1.70 bits per heavy atom. The van der Waals surface area contributed by atoms with Crippen molar-refractivity contribution in [1.82, 2.24) is 14.5 Å². The molecular formula is C23H21N3O. The zero-order chi connectivity index (χ0) is 18.6. The van der Waals surface area contributed by atoms with Crippen molar-refractivity contribution < 1.29 is 0 Å². The van der Waals surface area contributed by atoms with Crippen molar-refractivity contribution in [3.63, 3.8) is 0 Å². The molecule has 4 aromatic rings. The first-order valence-corrected chi connectivity index (χ1v) is 9.30. The minimum absolute atomic E-state index is 0.0810. The quantitative estimate of drug-likeness (QED) is 0.517. The third-order valence-electron chi connectivity index (χ3n) is 4.68. The summed E-state index contributed by atoms with van der Waals surface area (Å²) in [5.41, 5.74) is 3.36. The summed E-state index contributed by atoms with van der Waals surface area (Å²) >= 11 is 0. The molecule has 2 aromatic heterocycles. The van der Waals surface area contributed by atoms with Crippen molar-refractivity contribution >= 4 is 10.9 Å². The number of pyridine rings is 1. The number of nitrogens with zero attached hydrogens (tertiary/aromatic N) is 3. The molecule has 0 amide bonds. The van der Waals surface area contributed by atoms with Crippen LogP contribution in [0.2, 0.25) is 0 Å². The summed E-state index contributed by atoms with van der Waals surface area (Å²) in [7, 11) is 0. The first-order valence-electron chi connectivity index (χ1n) is 9.30. The van der Waals surface area contributed by atoms with Gasteiger partial charge in [0.15, 0.2) is 5.82 Å². The molecule has 0 aliphatic heterocycles. The van der Waals surface area contributed by atoms with Crippen LogP contribution in [0, 0.1) is 0 Å². The molecule has 0 saturated heterocycles. The molecule has 4 heteroatoms. The van der Waals surface area contributed by atoms with E-state index in [-0.39, 0.29) is 5.56 Å². The number of unbranched alkanes of at least 4 members (excludes halogenated alkanes) is 1. The molecule has 134 valence electrons. The van der Waals surface area contributed by atoms with E-state index in [0.717, 1.165) is 18.5 Å². The number of hydrogen-bond donors (Lipinski definition) is 0. The second kappa shape index (κ2) is 7.54. The lowest BCUT2D eigenvalue weighted by Gasteiger charge is -2.14. The highest BCUT2D eigenvalue weighted by atomic mass is 16.1. The van der Waals surface area contributed by atoms with Crippen LogP contribution in [-0.4, -0.2) is 14.5 Å². The molecular weight excluding hydrogens is 334 g/mol. The number of rotatable bonds is 5. The van der Waals surface area contributed by atoms with Gasteiger partial charge in [-0.05, 0) is 54.8 Å². The maximum atomic E-state index is 13.3. The molecule has 4 nitrogen and oxygen atoms in total. The largest absolute Gasteiger partial charge is 0.268 e. The van der Waals surface area contributed by atoms with E-state index in [9.17, 15) is 4.79 Å². The zero-order valence-corrected chi connectivity index (χ0v) is 15.3. The van der Waals surface area contributed by atoms with Crippen LogP contribution >= 0.6 is 0 Å². The summed E-state index contributed by atoms with van der Waals surface area (Å²) in [4.78, 5) is 22.4. The molecule has 0 bridgehead atoms. The Morgan fingerprint density at radius 3 is 2.44 bits per heavy atom. The van der Waals surface area contributed by atoms with Gasteiger partial charge in [-0.1, -0.05) is 43.7 Å². The molecule has 0 aliphatic rings. The minimum atomic E-state index is -0.0810. The van der Waals surface area contributed by atoms with E-state index in [4.69, 9.17) is 4.98 Å². The maximum Gasteiger partial charge on any atom is 0.266 e. The number of benzene rings is 2. The highest BCUT2D eigenvalue weighted by Gasteiger charge is 2.15. The number of para-hydroxylation sites is 1. The fourth-order valence-electron chi connectivity index (χ4n) is 3.23. The van der Waals surface area contributed by atoms with Crippen LogP contribution in [-0.2, 0) is 6.42 Å². The highest BCUT2D eigenvalue weighted by Crippen LogP contribution is 2.21. The number of aryl methyl sites for hydroxylation is 1. The molecule has 0 saturated carbocycles. The Hall–Kier alpha value is -3.27. The summed E-state index contributed by atoms with van der Waals surface area (Å²) < 4.78 is 1.66. The standard InChI is InChI=1S/C23H21N3O/c1-2-3-8-17-12-14-18(15-13-17)26-22(21-11-6-7-16-24-21)25-20-10-5-4-9-19(20)23(26)27/h4-7,9-16H,2-3,8H2,1H3. The van der Waals surface area contributed by atoms with Gasteiger partial charge in [0.2, 0.25) is 0 Å². The van der Waals surface area contributed by atoms with E-state index in [2.05, 4.69) is 24.0 Å². The lowest BCUT2D eigenvalue weighted by atomic mass is 10.1. The molecule has 4 rings (SSSR count). The summed E-state index contributed by atoms with van der Waals surface area (Å²) in [5, 5.41) is 0.604. The third-order valence-corrected chi connectivity index (χ3v) is 4.68. The second-order valence-electron chi connectivity index (χ2n) is 6.58. The van der Waals surface area contributed by atoms with Gasteiger partial charge < -0.3 is 0 Å². The lowest BCUT2D eigenvalue weighted by molar-refractivity contribution is 0.794. The van der Waals surface area contributed by atoms with Crippen molar-refractivity contribution in [1.29, 1.82) is 0 Å². The predicted octanol–water partition coefficient (Wildman–Crippen LogP) is 4.79. The molecule has 0 radical (unpaired) electrons. The summed E-state index contributed by atoms with van der Waals surface area (Å²) in [6.45, 7) is 2.19. The molecule has 2 heterocycles. The van der Waals surface area contributed by atoms with Crippen LogP contribution in [0.25, 0.3) is 28.1 Å². The average molecular weight is 355 g/mol. The van der Waals surface area contributed by atoms with E-state index in [1.807, 2.05) is 54.6 Å². The van der Waals surface area contributed by atoms with Gasteiger partial charge in [-0.2, -0.15) is 0 Å². The van der Waals surface area contributed by atoms with Crippen LogP contribution in [0.1, 0.15) is 25.3 Å². The van der Waals surface area contributed by atoms with Crippen LogP contribution in [0.4, 0.5) is 0 Å². The molecule has 0 unspecified atom stereocenters. The van der Waals surface area contributed by atoms with E-state index in [1.54, 1.807) is 10.8 Å². The predicted molar refractivity (Wildman–Crippen MR) is 109 cm³/mol. The summed E-state index contributed by atoms with van der Waals surface area (Å²) in [6.07, 6.45) is 5.10. The van der Waals surface area contributed by atoms with Crippen molar-refractivity contribution in [2.75, 3.05) is 0 Å². The minimum Gasteiger partial charge on any atom is -0.268 e. The first-order chi connectivity index (χ1) is 13.3. The Balaban J connectivity index is 1.93. The van der Waals surface area contributed by atoms with Crippen molar-refractivity contribution in [3.8, 4) is 17.2 Å². The highest BCUT2D eigenvalue weighted by molar-refractivity contribution is 5.80. The Kier molecular flexibility index (Phi) is 4.79. The molecule has 0 N–H and O–H groups in total. The normalized spacial score (nSPS) is 11.0. The first kappa shape index (κ1) is 17.2. The van der Waals surface area contributed by atoms with Gasteiger partial charge in [0, 0.05) is 6.20 Å². The van der Waals surface area contributed by atoms with E-state index in [0.29, 0.717) is 22.4 Å². The van der Waals surface area contributed by atoms with Gasteiger partial charge in [-0.3, -0.25) is 14.3 Å². The Bertz CT molecular complexity index is 1120. The van der Waals surface area contributed by atoms with Gasteiger partial charge in [0.25, 0.3) is 5.56 Å². The van der Waals surface area contributed by atoms with Crippen LogP contribution in [0.3, 0.4) is 0 Å². The smallest absolute Gasteiger partial charge is 0.266 e. The number of aromatic nitrogens is 3. The fourth-order valence-corrected chi connectivity index (χ4v) is 3.23. The Labute approximate surface area is 158 Å². The molecule has 0 fully saturated rings. The number of hydrogen-bond acceptors (Lipinski definition) is 3. The van der Waals surface area contributed by atoms with E-state index < -0.39 is 0 Å². The fraction of sp³-hybridized carbons (Fsp3) is 0.174. The molecule has 2 aromatic carbocycles. The SMILES string of the molecule is CCCCc1ccc(-n2c(-c3ccccn3)nc3ccccc3c2=O)cc1. The summed E-state index contributed by atoms with van der Waals surface area (Å²) in [5.74, 6) is 0.556. The molecule has 0 aliphatic carbocycles. The number of fused-ring (bicyclic) bond motifs is 1.